The minimum atomic E-state index is 0.714. The fourth-order valence-corrected chi connectivity index (χ4v) is 1.58. The Morgan fingerprint density at radius 2 is 2.07 bits per heavy atom. The highest BCUT2D eigenvalue weighted by molar-refractivity contribution is 6.31. The number of hydrogen-bond acceptors (Lipinski definition) is 2. The molecule has 1 rings (SSSR count). The molecule has 0 aliphatic rings. The second-order valence-corrected chi connectivity index (χ2v) is 3.97. The van der Waals surface area contributed by atoms with Crippen molar-refractivity contribution in [2.75, 3.05) is 25.5 Å². The Morgan fingerprint density at radius 3 is 2.57 bits per heavy atom. The van der Waals surface area contributed by atoms with E-state index in [0.29, 0.717) is 6.54 Å². The van der Waals surface area contributed by atoms with Crippen LogP contribution in [0, 0.1) is 0 Å². The molecule has 0 unspecified atom stereocenters. The van der Waals surface area contributed by atoms with Gasteiger partial charge in [-0.3, -0.25) is 0 Å². The minimum absolute atomic E-state index is 0.714. The van der Waals surface area contributed by atoms with Crippen molar-refractivity contribution in [1.29, 1.82) is 0 Å². The van der Waals surface area contributed by atoms with Crippen LogP contribution in [0.1, 0.15) is 12.0 Å². The molecular formula is C11H17ClN2. The van der Waals surface area contributed by atoms with Crippen molar-refractivity contribution in [1.82, 2.24) is 0 Å². The van der Waals surface area contributed by atoms with Crippen LogP contribution in [0.2, 0.25) is 5.02 Å². The van der Waals surface area contributed by atoms with Gasteiger partial charge in [0.1, 0.15) is 0 Å². The summed E-state index contributed by atoms with van der Waals surface area (Å²) >= 11 is 6.14. The van der Waals surface area contributed by atoms with E-state index in [1.54, 1.807) is 0 Å². The van der Waals surface area contributed by atoms with Gasteiger partial charge in [-0.1, -0.05) is 17.7 Å². The first kappa shape index (κ1) is 11.3. The van der Waals surface area contributed by atoms with Gasteiger partial charge in [0.05, 0.1) is 0 Å². The van der Waals surface area contributed by atoms with Crippen molar-refractivity contribution in [2.24, 2.45) is 5.73 Å². The van der Waals surface area contributed by atoms with Gasteiger partial charge in [0.25, 0.3) is 0 Å². The molecule has 0 saturated heterocycles. The van der Waals surface area contributed by atoms with Gasteiger partial charge in [0.15, 0.2) is 0 Å². The summed E-state index contributed by atoms with van der Waals surface area (Å²) in [5.41, 5.74) is 7.77. The second-order valence-electron chi connectivity index (χ2n) is 3.56. The first-order valence-corrected chi connectivity index (χ1v) is 5.18. The number of anilines is 1. The zero-order chi connectivity index (χ0) is 10.6. The molecule has 0 amide bonds. The summed E-state index contributed by atoms with van der Waals surface area (Å²) in [4.78, 5) is 2.04. The third kappa shape index (κ3) is 2.89. The summed E-state index contributed by atoms with van der Waals surface area (Å²) in [6.07, 6.45) is 1.95. The van der Waals surface area contributed by atoms with Crippen molar-refractivity contribution in [3.05, 3.63) is 28.8 Å². The average Bonchev–Trinajstić information content (AvgIpc) is 2.15. The molecule has 1 aromatic carbocycles. The van der Waals surface area contributed by atoms with Crippen LogP contribution in [0.25, 0.3) is 0 Å². The molecule has 0 radical (unpaired) electrons. The van der Waals surface area contributed by atoms with Crippen LogP contribution >= 0.6 is 11.6 Å². The SMILES string of the molecule is CN(C)c1ccc(CCCN)c(Cl)c1. The number of rotatable bonds is 4. The summed E-state index contributed by atoms with van der Waals surface area (Å²) in [5, 5.41) is 0.838. The summed E-state index contributed by atoms with van der Waals surface area (Å²) in [7, 11) is 4.01. The van der Waals surface area contributed by atoms with Crippen LogP contribution in [-0.4, -0.2) is 20.6 Å². The van der Waals surface area contributed by atoms with Gasteiger partial charge in [-0.15, -0.1) is 0 Å². The monoisotopic (exact) mass is 212 g/mol. The van der Waals surface area contributed by atoms with Crippen LogP contribution < -0.4 is 10.6 Å². The Hall–Kier alpha value is -0.730. The lowest BCUT2D eigenvalue weighted by Crippen LogP contribution is -2.08. The van der Waals surface area contributed by atoms with E-state index in [4.69, 9.17) is 17.3 Å². The summed E-state index contributed by atoms with van der Waals surface area (Å²) in [5.74, 6) is 0. The van der Waals surface area contributed by atoms with Gasteiger partial charge >= 0.3 is 0 Å². The van der Waals surface area contributed by atoms with Crippen molar-refractivity contribution < 1.29 is 0 Å². The summed E-state index contributed by atoms with van der Waals surface area (Å²) in [6.45, 7) is 0.714. The third-order valence-corrected chi connectivity index (χ3v) is 2.56. The van der Waals surface area contributed by atoms with Crippen molar-refractivity contribution >= 4 is 17.3 Å². The Bertz CT molecular complexity index is 297. The quantitative estimate of drug-likeness (QED) is 0.830. The summed E-state index contributed by atoms with van der Waals surface area (Å²) in [6, 6.07) is 6.15. The molecule has 0 spiro atoms. The minimum Gasteiger partial charge on any atom is -0.378 e. The molecule has 1 aromatic rings. The summed E-state index contributed by atoms with van der Waals surface area (Å²) < 4.78 is 0. The Kier molecular flexibility index (Phi) is 4.23. The highest BCUT2D eigenvalue weighted by atomic mass is 35.5. The molecule has 0 fully saturated rings. The number of nitrogens with zero attached hydrogens (tertiary/aromatic N) is 1. The molecule has 0 aromatic heterocycles. The van der Waals surface area contributed by atoms with E-state index in [9.17, 15) is 0 Å². The first-order valence-electron chi connectivity index (χ1n) is 4.81. The fraction of sp³-hybridized carbons (Fsp3) is 0.455. The normalized spacial score (nSPS) is 10.3. The van der Waals surface area contributed by atoms with Gasteiger partial charge in [-0.25, -0.2) is 0 Å². The number of nitrogens with two attached hydrogens (primary N) is 1. The maximum Gasteiger partial charge on any atom is 0.0458 e. The van der Waals surface area contributed by atoms with Gasteiger partial charge in [-0.05, 0) is 37.1 Å². The predicted molar refractivity (Wildman–Crippen MR) is 63.2 cm³/mol. The molecule has 0 aliphatic heterocycles. The number of halogens is 1. The zero-order valence-corrected chi connectivity index (χ0v) is 9.51. The van der Waals surface area contributed by atoms with Crippen LogP contribution in [0.15, 0.2) is 18.2 Å². The Morgan fingerprint density at radius 1 is 1.36 bits per heavy atom. The lowest BCUT2D eigenvalue weighted by atomic mass is 10.1. The van der Waals surface area contributed by atoms with E-state index < -0.39 is 0 Å². The third-order valence-electron chi connectivity index (χ3n) is 2.20. The molecule has 0 heterocycles. The average molecular weight is 213 g/mol. The van der Waals surface area contributed by atoms with Crippen molar-refractivity contribution in [2.45, 2.75) is 12.8 Å². The smallest absolute Gasteiger partial charge is 0.0458 e. The lowest BCUT2D eigenvalue weighted by molar-refractivity contribution is 0.832. The molecule has 2 nitrogen and oxygen atoms in total. The molecule has 2 N–H and O–H groups in total. The molecule has 0 saturated carbocycles. The van der Waals surface area contributed by atoms with Crippen molar-refractivity contribution in [3.8, 4) is 0 Å². The van der Waals surface area contributed by atoms with Crippen LogP contribution in [0.3, 0.4) is 0 Å². The van der Waals surface area contributed by atoms with Crippen LogP contribution in [0.4, 0.5) is 5.69 Å². The molecule has 0 bridgehead atoms. The molecule has 14 heavy (non-hydrogen) atoms. The van der Waals surface area contributed by atoms with Crippen LogP contribution in [0.5, 0.6) is 0 Å². The van der Waals surface area contributed by atoms with Gasteiger partial charge < -0.3 is 10.6 Å². The number of hydrogen-bond donors (Lipinski definition) is 1. The molecular weight excluding hydrogens is 196 g/mol. The highest BCUT2D eigenvalue weighted by Gasteiger charge is 2.02. The number of aryl methyl sites for hydroxylation is 1. The van der Waals surface area contributed by atoms with Crippen molar-refractivity contribution in [3.63, 3.8) is 0 Å². The molecule has 78 valence electrons. The second kappa shape index (κ2) is 5.23. The fourth-order valence-electron chi connectivity index (χ4n) is 1.31. The Labute approximate surface area is 90.7 Å². The lowest BCUT2D eigenvalue weighted by Gasteiger charge is -2.14. The zero-order valence-electron chi connectivity index (χ0n) is 8.76. The highest BCUT2D eigenvalue weighted by Crippen LogP contribution is 2.23. The maximum absolute atomic E-state index is 6.14. The van der Waals surface area contributed by atoms with E-state index in [2.05, 4.69) is 12.1 Å². The molecule has 3 heteroatoms. The van der Waals surface area contributed by atoms with E-state index in [1.165, 1.54) is 5.56 Å². The van der Waals surface area contributed by atoms with E-state index in [1.807, 2.05) is 25.1 Å². The Balaban J connectivity index is 2.79. The van der Waals surface area contributed by atoms with Crippen LogP contribution in [-0.2, 0) is 6.42 Å². The largest absolute Gasteiger partial charge is 0.378 e. The van der Waals surface area contributed by atoms with E-state index in [-0.39, 0.29) is 0 Å². The van der Waals surface area contributed by atoms with E-state index >= 15 is 0 Å². The van der Waals surface area contributed by atoms with Gasteiger partial charge in [0, 0.05) is 24.8 Å². The topological polar surface area (TPSA) is 29.3 Å². The molecule has 0 aliphatic carbocycles. The maximum atomic E-state index is 6.14. The van der Waals surface area contributed by atoms with Gasteiger partial charge in [-0.2, -0.15) is 0 Å². The number of benzene rings is 1. The molecule has 0 atom stereocenters. The first-order chi connectivity index (χ1) is 6.65. The van der Waals surface area contributed by atoms with E-state index in [0.717, 1.165) is 23.6 Å². The standard InChI is InChI=1S/C11H17ClN2/c1-14(2)10-6-5-9(4-3-7-13)11(12)8-10/h5-6,8H,3-4,7,13H2,1-2H3. The van der Waals surface area contributed by atoms with Gasteiger partial charge in [0.2, 0.25) is 0 Å². The predicted octanol–water partition coefficient (Wildman–Crippen LogP) is 2.30.